The number of aryl methyl sites for hydroxylation is 1. The quantitative estimate of drug-likeness (QED) is 0.0529. The van der Waals surface area contributed by atoms with Crippen molar-refractivity contribution < 1.29 is 23.8 Å². The number of carbonyl (C=O) groups is 2. The van der Waals surface area contributed by atoms with Crippen molar-refractivity contribution in [2.24, 2.45) is 0 Å². The SMILES string of the molecule is C=CCOc1cccc(C2/C(=C(\O)c3c(C)nc4ccccn34)C(=O)C(=O)N2c2nnc(SCc3ccc(F)cc3)s2)c1. The molecule has 9 nitrogen and oxygen atoms in total. The van der Waals surface area contributed by atoms with E-state index in [1.54, 1.807) is 72.1 Å². The lowest BCUT2D eigenvalue weighted by atomic mass is 9.96. The zero-order chi connectivity index (χ0) is 30.1. The number of hydrogen-bond donors (Lipinski definition) is 1. The molecule has 0 aliphatic carbocycles. The monoisotopic (exact) mass is 613 g/mol. The first-order valence-electron chi connectivity index (χ1n) is 13.1. The number of anilines is 1. The fraction of sp³-hybridized carbons (Fsp3) is 0.129. The van der Waals surface area contributed by atoms with Crippen molar-refractivity contribution >= 4 is 51.3 Å². The number of aromatic nitrogens is 4. The Morgan fingerprint density at radius 2 is 1.95 bits per heavy atom. The maximum Gasteiger partial charge on any atom is 0.301 e. The number of fused-ring (bicyclic) bond motifs is 1. The summed E-state index contributed by atoms with van der Waals surface area (Å²) in [7, 11) is 0. The number of aliphatic hydroxyl groups is 1. The van der Waals surface area contributed by atoms with E-state index in [-0.39, 0.29) is 28.9 Å². The van der Waals surface area contributed by atoms with Crippen LogP contribution in [0.2, 0.25) is 0 Å². The lowest BCUT2D eigenvalue weighted by Crippen LogP contribution is -2.29. The summed E-state index contributed by atoms with van der Waals surface area (Å²) in [5, 5.41) is 20.4. The molecule has 2 aromatic carbocycles. The third-order valence-corrected chi connectivity index (χ3v) is 8.92. The molecule has 12 heteroatoms. The number of Topliss-reactive ketones (excluding diaryl/α,β-unsaturated/α-hetero) is 1. The van der Waals surface area contributed by atoms with Crippen molar-refractivity contribution in [3.8, 4) is 5.75 Å². The molecule has 216 valence electrons. The number of amides is 1. The van der Waals surface area contributed by atoms with Crippen LogP contribution in [-0.2, 0) is 15.3 Å². The zero-order valence-corrected chi connectivity index (χ0v) is 24.4. The number of aliphatic hydroxyl groups excluding tert-OH is 1. The molecular weight excluding hydrogens is 590 g/mol. The third kappa shape index (κ3) is 5.42. The summed E-state index contributed by atoms with van der Waals surface area (Å²) in [4.78, 5) is 33.1. The van der Waals surface area contributed by atoms with Crippen LogP contribution in [0, 0.1) is 12.7 Å². The number of hydrogen-bond acceptors (Lipinski definition) is 9. The second-order valence-corrected chi connectivity index (χ2v) is 11.8. The number of benzene rings is 2. The highest BCUT2D eigenvalue weighted by Crippen LogP contribution is 2.45. The van der Waals surface area contributed by atoms with E-state index in [2.05, 4.69) is 21.8 Å². The van der Waals surface area contributed by atoms with Crippen LogP contribution in [0.25, 0.3) is 11.4 Å². The van der Waals surface area contributed by atoms with Crippen molar-refractivity contribution in [3.05, 3.63) is 119 Å². The van der Waals surface area contributed by atoms with Gasteiger partial charge in [-0.25, -0.2) is 9.37 Å². The second-order valence-electron chi connectivity index (χ2n) is 9.58. The van der Waals surface area contributed by atoms with Crippen molar-refractivity contribution in [3.63, 3.8) is 0 Å². The molecule has 1 saturated heterocycles. The number of nitrogens with zero attached hydrogens (tertiary/aromatic N) is 5. The summed E-state index contributed by atoms with van der Waals surface area (Å²) in [5.74, 6) is -1.37. The molecule has 5 aromatic rings. The van der Waals surface area contributed by atoms with Gasteiger partial charge in [0.25, 0.3) is 5.78 Å². The number of imidazole rings is 1. The summed E-state index contributed by atoms with van der Waals surface area (Å²) in [6.45, 7) is 5.67. The molecule has 1 N–H and O–H groups in total. The Labute approximate surface area is 254 Å². The van der Waals surface area contributed by atoms with Crippen molar-refractivity contribution in [2.45, 2.75) is 23.1 Å². The number of ether oxygens (including phenoxy) is 1. The van der Waals surface area contributed by atoms with Crippen LogP contribution < -0.4 is 9.64 Å². The lowest BCUT2D eigenvalue weighted by molar-refractivity contribution is -0.132. The first kappa shape index (κ1) is 28.3. The number of pyridine rings is 1. The van der Waals surface area contributed by atoms with Crippen LogP contribution in [0.4, 0.5) is 9.52 Å². The Morgan fingerprint density at radius 3 is 2.74 bits per heavy atom. The largest absolute Gasteiger partial charge is 0.505 e. The topological polar surface area (TPSA) is 110 Å². The van der Waals surface area contributed by atoms with Crippen LogP contribution >= 0.6 is 23.1 Å². The summed E-state index contributed by atoms with van der Waals surface area (Å²) in [5.41, 5.74) is 2.71. The van der Waals surface area contributed by atoms with E-state index in [1.165, 1.54) is 28.8 Å². The van der Waals surface area contributed by atoms with Crippen molar-refractivity contribution in [1.82, 2.24) is 19.6 Å². The van der Waals surface area contributed by atoms with Gasteiger partial charge in [-0.05, 0) is 54.4 Å². The molecule has 0 radical (unpaired) electrons. The Kier molecular flexibility index (Phi) is 7.78. The van der Waals surface area contributed by atoms with Gasteiger partial charge in [-0.15, -0.1) is 10.2 Å². The minimum atomic E-state index is -1.02. The van der Waals surface area contributed by atoms with E-state index in [9.17, 15) is 19.1 Å². The predicted octanol–water partition coefficient (Wildman–Crippen LogP) is 6.12. The molecule has 6 rings (SSSR count). The Bertz CT molecular complexity index is 1900. The molecule has 1 unspecified atom stereocenters. The highest BCUT2D eigenvalue weighted by Gasteiger charge is 2.49. The second kappa shape index (κ2) is 11.8. The van der Waals surface area contributed by atoms with Gasteiger partial charge in [0, 0.05) is 11.9 Å². The normalized spacial score (nSPS) is 16.2. The molecule has 1 aliphatic heterocycles. The average molecular weight is 614 g/mol. The summed E-state index contributed by atoms with van der Waals surface area (Å²) in [6, 6.07) is 17.5. The molecule has 1 fully saturated rings. The molecule has 1 amide bonds. The molecule has 0 bridgehead atoms. The zero-order valence-electron chi connectivity index (χ0n) is 22.8. The van der Waals surface area contributed by atoms with Gasteiger partial charge in [0.05, 0.1) is 17.3 Å². The maximum atomic E-state index is 13.7. The molecule has 3 aromatic heterocycles. The Hall–Kier alpha value is -4.81. The fourth-order valence-corrected chi connectivity index (χ4v) is 6.71. The van der Waals surface area contributed by atoms with Gasteiger partial charge < -0.3 is 9.84 Å². The maximum absolute atomic E-state index is 13.7. The van der Waals surface area contributed by atoms with Gasteiger partial charge in [0.2, 0.25) is 5.13 Å². The van der Waals surface area contributed by atoms with E-state index in [0.29, 0.717) is 38.4 Å². The molecule has 0 spiro atoms. The van der Waals surface area contributed by atoms with Gasteiger partial charge in [-0.2, -0.15) is 0 Å². The number of carbonyl (C=O) groups excluding carboxylic acids is 2. The van der Waals surface area contributed by atoms with E-state index >= 15 is 0 Å². The summed E-state index contributed by atoms with van der Waals surface area (Å²) in [6.07, 6.45) is 3.34. The first-order chi connectivity index (χ1) is 20.9. The van der Waals surface area contributed by atoms with E-state index in [0.717, 1.165) is 16.9 Å². The van der Waals surface area contributed by atoms with Crippen molar-refractivity contribution in [2.75, 3.05) is 11.5 Å². The van der Waals surface area contributed by atoms with Gasteiger partial charge in [0.1, 0.15) is 29.5 Å². The number of ketones is 1. The number of rotatable bonds is 9. The first-order valence-corrected chi connectivity index (χ1v) is 15.0. The molecule has 1 atom stereocenters. The third-order valence-electron chi connectivity index (χ3n) is 6.79. The van der Waals surface area contributed by atoms with Gasteiger partial charge >= 0.3 is 5.91 Å². The smallest absolute Gasteiger partial charge is 0.301 e. The molecule has 1 aliphatic rings. The minimum absolute atomic E-state index is 0.102. The average Bonchev–Trinajstić information content (AvgIpc) is 3.69. The van der Waals surface area contributed by atoms with Crippen LogP contribution in [0.5, 0.6) is 5.75 Å². The lowest BCUT2D eigenvalue weighted by Gasteiger charge is -2.23. The highest BCUT2D eigenvalue weighted by molar-refractivity contribution is 8.00. The Morgan fingerprint density at radius 1 is 1.14 bits per heavy atom. The van der Waals surface area contributed by atoms with E-state index in [1.807, 2.05) is 6.07 Å². The van der Waals surface area contributed by atoms with E-state index < -0.39 is 17.7 Å². The van der Waals surface area contributed by atoms with Crippen LogP contribution in [0.3, 0.4) is 0 Å². The molecule has 43 heavy (non-hydrogen) atoms. The summed E-state index contributed by atoms with van der Waals surface area (Å²) < 4.78 is 21.3. The van der Waals surface area contributed by atoms with Gasteiger partial charge in [-0.1, -0.05) is 66.1 Å². The fourth-order valence-electron chi connectivity index (χ4n) is 4.89. The Balaban J connectivity index is 1.44. The number of thioether (sulfide) groups is 1. The van der Waals surface area contributed by atoms with Gasteiger partial charge in [-0.3, -0.25) is 18.9 Å². The highest BCUT2D eigenvalue weighted by atomic mass is 32.2. The van der Waals surface area contributed by atoms with Crippen LogP contribution in [-0.4, -0.2) is 43.0 Å². The summed E-state index contributed by atoms with van der Waals surface area (Å²) >= 11 is 2.52. The van der Waals surface area contributed by atoms with Crippen molar-refractivity contribution in [1.29, 1.82) is 0 Å². The standard InChI is InChI=1S/C31H24FN5O4S2/c1-3-15-41-22-8-6-7-20(16-22)26-24(27(38)25-18(2)33-23-9-4-5-14-36(23)25)28(39)29(40)37(26)30-34-35-31(43-30)42-17-19-10-12-21(32)13-11-19/h3-14,16,26,38H,1,15,17H2,2H3/b27-24+. The molecule has 0 saturated carbocycles. The minimum Gasteiger partial charge on any atom is -0.505 e. The van der Waals surface area contributed by atoms with Crippen LogP contribution in [0.15, 0.2) is 95.5 Å². The predicted molar refractivity (Wildman–Crippen MR) is 163 cm³/mol. The molecular formula is C31H24FN5O4S2. The van der Waals surface area contributed by atoms with E-state index in [4.69, 9.17) is 4.74 Å². The number of halogens is 1. The molecule has 4 heterocycles. The van der Waals surface area contributed by atoms with Crippen LogP contribution in [0.1, 0.15) is 28.6 Å². The van der Waals surface area contributed by atoms with Gasteiger partial charge in [0.15, 0.2) is 10.1 Å².